The van der Waals surface area contributed by atoms with E-state index in [-0.39, 0.29) is 0 Å². The third-order valence-corrected chi connectivity index (χ3v) is 3.75. The van der Waals surface area contributed by atoms with E-state index < -0.39 is 0 Å². The van der Waals surface area contributed by atoms with Crippen LogP contribution in [-0.4, -0.2) is 45.4 Å². The van der Waals surface area contributed by atoms with E-state index in [1.165, 1.54) is 57.8 Å². The first-order valence-corrected chi connectivity index (χ1v) is 9.20. The van der Waals surface area contributed by atoms with Gasteiger partial charge in [-0.05, 0) is 20.5 Å². The molecule has 0 saturated carbocycles. The van der Waals surface area contributed by atoms with E-state index in [2.05, 4.69) is 18.4 Å². The van der Waals surface area contributed by atoms with Gasteiger partial charge in [-0.1, -0.05) is 71.3 Å². The fraction of sp³-hybridized carbons (Fsp3) is 0.895. The van der Waals surface area contributed by atoms with E-state index in [1.54, 1.807) is 0 Å². The monoisotopic (exact) mass is 313 g/mol. The topological polar surface area (TPSA) is 21.7 Å². The second kappa shape index (κ2) is 16.8. The molecule has 0 rings (SSSR count). The molecule has 0 N–H and O–H groups in total. The van der Waals surface area contributed by atoms with Crippen LogP contribution < -0.4 is 0 Å². The molecule has 0 unspecified atom stereocenters. The van der Waals surface area contributed by atoms with Gasteiger partial charge in [0.2, 0.25) is 0 Å². The van der Waals surface area contributed by atoms with Crippen molar-refractivity contribution >= 4 is 0 Å². The molecule has 0 aromatic carbocycles. The molecule has 0 aliphatic heterocycles. The summed E-state index contributed by atoms with van der Waals surface area (Å²) in [7, 11) is 4.08. The summed E-state index contributed by atoms with van der Waals surface area (Å²) in [6.45, 7) is 9.13. The van der Waals surface area contributed by atoms with Crippen molar-refractivity contribution in [2.45, 2.75) is 71.1 Å². The fourth-order valence-electron chi connectivity index (χ4n) is 2.28. The van der Waals surface area contributed by atoms with Gasteiger partial charge in [0.05, 0.1) is 13.2 Å². The van der Waals surface area contributed by atoms with Crippen LogP contribution in [-0.2, 0) is 9.47 Å². The zero-order valence-electron chi connectivity index (χ0n) is 15.4. The lowest BCUT2D eigenvalue weighted by molar-refractivity contribution is 0.0880. The lowest BCUT2D eigenvalue weighted by Crippen LogP contribution is -2.18. The number of unbranched alkanes of at least 4 members (excludes halogenated alkanes) is 9. The summed E-state index contributed by atoms with van der Waals surface area (Å²) < 4.78 is 11.1. The Morgan fingerprint density at radius 2 is 1.36 bits per heavy atom. The molecule has 0 aliphatic rings. The van der Waals surface area contributed by atoms with E-state index in [1.807, 2.05) is 14.1 Å². The van der Waals surface area contributed by atoms with Gasteiger partial charge in [-0.3, -0.25) is 0 Å². The zero-order chi connectivity index (χ0) is 16.5. The number of rotatable bonds is 17. The normalized spacial score (nSPS) is 11.1. The third kappa shape index (κ3) is 17.5. The molecular formula is C19H39NO2. The first-order chi connectivity index (χ1) is 10.7. The largest absolute Gasteiger partial charge is 0.496 e. The standard InChI is InChI=1S/C19H39NO2/c1-5-6-7-8-9-10-11-12-13-14-16-22-19(2)18-21-17-15-20(3)4/h2,5-18H2,1,3-4H3. The highest BCUT2D eigenvalue weighted by atomic mass is 16.5. The minimum atomic E-state index is 0.519. The average molecular weight is 314 g/mol. The molecule has 0 heterocycles. The van der Waals surface area contributed by atoms with Crippen LogP contribution in [0.15, 0.2) is 12.3 Å². The van der Waals surface area contributed by atoms with Crippen LogP contribution in [0.4, 0.5) is 0 Å². The van der Waals surface area contributed by atoms with Crippen LogP contribution in [0.1, 0.15) is 71.1 Å². The SMILES string of the molecule is C=C(COCCN(C)C)OCCCCCCCCCCCC. The van der Waals surface area contributed by atoms with Crippen molar-refractivity contribution in [3.05, 3.63) is 12.3 Å². The van der Waals surface area contributed by atoms with Gasteiger partial charge in [0, 0.05) is 6.54 Å². The maximum Gasteiger partial charge on any atom is 0.114 e. The van der Waals surface area contributed by atoms with Gasteiger partial charge >= 0.3 is 0 Å². The van der Waals surface area contributed by atoms with Crippen molar-refractivity contribution in [3.8, 4) is 0 Å². The van der Waals surface area contributed by atoms with Crippen LogP contribution in [0.2, 0.25) is 0 Å². The van der Waals surface area contributed by atoms with E-state index in [0.717, 1.165) is 31.9 Å². The van der Waals surface area contributed by atoms with E-state index in [4.69, 9.17) is 9.47 Å². The number of hydrogen-bond acceptors (Lipinski definition) is 3. The first-order valence-electron chi connectivity index (χ1n) is 9.20. The van der Waals surface area contributed by atoms with Crippen molar-refractivity contribution in [3.63, 3.8) is 0 Å². The highest BCUT2D eigenvalue weighted by molar-refractivity contribution is 4.81. The zero-order valence-corrected chi connectivity index (χ0v) is 15.4. The molecule has 0 bridgehead atoms. The molecule has 0 fully saturated rings. The van der Waals surface area contributed by atoms with E-state index in [0.29, 0.717) is 6.61 Å². The van der Waals surface area contributed by atoms with Gasteiger partial charge in [0.25, 0.3) is 0 Å². The second-order valence-electron chi connectivity index (χ2n) is 6.42. The summed E-state index contributed by atoms with van der Waals surface area (Å²) in [5.41, 5.74) is 0. The molecule has 0 radical (unpaired) electrons. The quantitative estimate of drug-likeness (QED) is 0.278. The molecule has 0 aromatic heterocycles. The maximum atomic E-state index is 5.59. The molecule has 132 valence electrons. The Bertz CT molecular complexity index is 242. The van der Waals surface area contributed by atoms with Gasteiger partial charge in [0.15, 0.2) is 0 Å². The van der Waals surface area contributed by atoms with E-state index >= 15 is 0 Å². The minimum absolute atomic E-state index is 0.519. The Morgan fingerprint density at radius 1 is 0.818 bits per heavy atom. The van der Waals surface area contributed by atoms with Crippen LogP contribution in [0.5, 0.6) is 0 Å². The molecular weight excluding hydrogens is 274 g/mol. The first kappa shape index (κ1) is 21.5. The van der Waals surface area contributed by atoms with Gasteiger partial charge in [-0.25, -0.2) is 0 Å². The Kier molecular flexibility index (Phi) is 16.4. The Morgan fingerprint density at radius 3 is 1.91 bits per heavy atom. The number of nitrogens with zero attached hydrogens (tertiary/aromatic N) is 1. The predicted molar refractivity (Wildman–Crippen MR) is 96.3 cm³/mol. The second-order valence-corrected chi connectivity index (χ2v) is 6.42. The Balaban J connectivity index is 3.14. The summed E-state index contributed by atoms with van der Waals surface area (Å²) in [5.74, 6) is 0.759. The van der Waals surface area contributed by atoms with Gasteiger partial charge in [-0.2, -0.15) is 0 Å². The number of hydrogen-bond donors (Lipinski definition) is 0. The van der Waals surface area contributed by atoms with Crippen LogP contribution in [0.3, 0.4) is 0 Å². The molecule has 22 heavy (non-hydrogen) atoms. The molecule has 0 saturated heterocycles. The lowest BCUT2D eigenvalue weighted by Gasteiger charge is -2.12. The van der Waals surface area contributed by atoms with Crippen molar-refractivity contribution in [2.24, 2.45) is 0 Å². The fourth-order valence-corrected chi connectivity index (χ4v) is 2.28. The Labute approximate surface area is 139 Å². The van der Waals surface area contributed by atoms with Crippen molar-refractivity contribution in [1.82, 2.24) is 4.90 Å². The minimum Gasteiger partial charge on any atom is -0.496 e. The van der Waals surface area contributed by atoms with Gasteiger partial charge in [0.1, 0.15) is 12.4 Å². The molecule has 0 atom stereocenters. The van der Waals surface area contributed by atoms with Crippen LogP contribution in [0.25, 0.3) is 0 Å². The smallest absolute Gasteiger partial charge is 0.114 e. The third-order valence-electron chi connectivity index (χ3n) is 3.75. The van der Waals surface area contributed by atoms with Crippen molar-refractivity contribution < 1.29 is 9.47 Å². The van der Waals surface area contributed by atoms with E-state index in [9.17, 15) is 0 Å². The predicted octanol–water partition coefficient (Wildman–Crippen LogP) is 5.02. The molecule has 0 aliphatic carbocycles. The van der Waals surface area contributed by atoms with Crippen molar-refractivity contribution in [1.29, 1.82) is 0 Å². The molecule has 3 heteroatoms. The summed E-state index contributed by atoms with van der Waals surface area (Å²) in [5, 5.41) is 0. The molecule has 0 amide bonds. The summed E-state index contributed by atoms with van der Waals surface area (Å²) >= 11 is 0. The van der Waals surface area contributed by atoms with Crippen LogP contribution >= 0.6 is 0 Å². The van der Waals surface area contributed by atoms with Crippen molar-refractivity contribution in [2.75, 3.05) is 40.5 Å². The maximum absolute atomic E-state index is 5.59. The highest BCUT2D eigenvalue weighted by Crippen LogP contribution is 2.10. The summed E-state index contributed by atoms with van der Waals surface area (Å²) in [6, 6.07) is 0. The lowest BCUT2D eigenvalue weighted by atomic mass is 10.1. The molecule has 3 nitrogen and oxygen atoms in total. The number of ether oxygens (including phenoxy) is 2. The highest BCUT2D eigenvalue weighted by Gasteiger charge is 1.97. The van der Waals surface area contributed by atoms with Gasteiger partial charge < -0.3 is 14.4 Å². The van der Waals surface area contributed by atoms with Crippen LogP contribution in [0, 0.1) is 0 Å². The summed E-state index contributed by atoms with van der Waals surface area (Å²) in [6.07, 6.45) is 13.5. The molecule has 0 aromatic rings. The number of likely N-dealkylation sites (N-methyl/N-ethyl adjacent to an activating group) is 1. The van der Waals surface area contributed by atoms with Gasteiger partial charge in [-0.15, -0.1) is 0 Å². The summed E-state index contributed by atoms with van der Waals surface area (Å²) in [4.78, 5) is 2.10. The molecule has 0 spiro atoms. The Hall–Kier alpha value is -0.540. The average Bonchev–Trinajstić information content (AvgIpc) is 2.49.